The topological polar surface area (TPSA) is 95.5 Å². The van der Waals surface area contributed by atoms with Crippen LogP contribution in [0.15, 0.2) is 42.5 Å². The number of hydrogen-bond donors (Lipinski definition) is 1. The molecule has 0 aliphatic carbocycles. The highest BCUT2D eigenvalue weighted by Crippen LogP contribution is 2.40. The van der Waals surface area contributed by atoms with Gasteiger partial charge in [0.1, 0.15) is 10.6 Å². The Bertz CT molecular complexity index is 823. The fourth-order valence-electron chi connectivity index (χ4n) is 2.28. The molecule has 0 saturated carbocycles. The number of ether oxygens (including phenoxy) is 1. The van der Waals surface area contributed by atoms with Crippen LogP contribution in [-0.4, -0.2) is 24.5 Å². The smallest absolute Gasteiger partial charge is 0.341 e. The van der Waals surface area contributed by atoms with Gasteiger partial charge in [-0.25, -0.2) is 4.79 Å². The second-order valence-corrected chi connectivity index (χ2v) is 6.19. The van der Waals surface area contributed by atoms with Crippen molar-refractivity contribution < 1.29 is 24.2 Å². The molecule has 2 aromatic rings. The van der Waals surface area contributed by atoms with Gasteiger partial charge in [-0.15, -0.1) is 11.3 Å². The number of carboxylic acid groups (broad SMARTS) is 1. The molecule has 25 heavy (non-hydrogen) atoms. The maximum Gasteiger partial charge on any atom is 0.341 e. The molecule has 0 atom stereocenters. The van der Waals surface area contributed by atoms with Crippen LogP contribution >= 0.6 is 11.3 Å². The van der Waals surface area contributed by atoms with Crippen LogP contribution in [-0.2, 0) is 14.3 Å². The Morgan fingerprint density at radius 2 is 1.88 bits per heavy atom. The van der Waals surface area contributed by atoms with Crippen molar-refractivity contribution in [1.29, 1.82) is 0 Å². The molecule has 1 aromatic heterocycles. The molecule has 0 fully saturated rings. The van der Waals surface area contributed by atoms with Crippen molar-refractivity contribution in [3.63, 3.8) is 0 Å². The lowest BCUT2D eigenvalue weighted by Crippen LogP contribution is -2.20. The van der Waals surface area contributed by atoms with Crippen molar-refractivity contribution in [3.8, 4) is 11.1 Å². The number of rotatable bonds is 6. The summed E-state index contributed by atoms with van der Waals surface area (Å²) >= 11 is 1.22. The number of esters is 1. The van der Waals surface area contributed by atoms with E-state index in [0.717, 1.165) is 16.5 Å². The number of benzene rings is 1. The molecule has 0 unspecified atom stereocenters. The van der Waals surface area contributed by atoms with Gasteiger partial charge < -0.3 is 20.0 Å². The Balaban J connectivity index is 2.48. The normalized spacial score (nSPS) is 10.6. The lowest BCUT2D eigenvalue weighted by atomic mass is 10.0. The van der Waals surface area contributed by atoms with Crippen LogP contribution in [0.25, 0.3) is 11.1 Å². The second-order valence-electron chi connectivity index (χ2n) is 4.97. The Kier molecular flexibility index (Phi) is 6.08. The van der Waals surface area contributed by atoms with E-state index in [4.69, 9.17) is 4.74 Å². The Hall–Kier alpha value is -2.93. The van der Waals surface area contributed by atoms with E-state index in [-0.39, 0.29) is 12.2 Å². The van der Waals surface area contributed by atoms with Gasteiger partial charge in [-0.05, 0) is 25.5 Å². The Morgan fingerprint density at radius 3 is 2.48 bits per heavy atom. The third-order valence-corrected chi connectivity index (χ3v) is 4.25. The summed E-state index contributed by atoms with van der Waals surface area (Å²) in [4.78, 5) is 35.5. The van der Waals surface area contributed by atoms with E-state index < -0.39 is 17.8 Å². The number of carboxylic acids is 1. The lowest BCUT2D eigenvalue weighted by molar-refractivity contribution is -0.297. The van der Waals surface area contributed by atoms with Crippen molar-refractivity contribution in [2.75, 3.05) is 11.9 Å². The summed E-state index contributed by atoms with van der Waals surface area (Å²) in [5.41, 5.74) is 1.76. The highest BCUT2D eigenvalue weighted by molar-refractivity contribution is 7.17. The van der Waals surface area contributed by atoms with Gasteiger partial charge in [0.15, 0.2) is 0 Å². The number of carbonyl (C=O) groups is 3. The van der Waals surface area contributed by atoms with Gasteiger partial charge in [0.05, 0.1) is 12.6 Å². The first kappa shape index (κ1) is 18.4. The van der Waals surface area contributed by atoms with Gasteiger partial charge in [-0.3, -0.25) is 4.79 Å². The minimum atomic E-state index is -1.48. The molecule has 6 nitrogen and oxygen atoms in total. The number of hydrogen-bond acceptors (Lipinski definition) is 6. The number of thiophene rings is 1. The summed E-state index contributed by atoms with van der Waals surface area (Å²) in [5, 5.41) is 13.3. The Morgan fingerprint density at radius 1 is 1.20 bits per heavy atom. The summed E-state index contributed by atoms with van der Waals surface area (Å²) < 4.78 is 5.12. The van der Waals surface area contributed by atoms with E-state index in [0.29, 0.717) is 16.6 Å². The van der Waals surface area contributed by atoms with Gasteiger partial charge in [-0.2, -0.15) is 0 Å². The summed E-state index contributed by atoms with van der Waals surface area (Å²) in [6.45, 7) is 3.72. The van der Waals surface area contributed by atoms with E-state index in [1.807, 2.05) is 37.3 Å². The van der Waals surface area contributed by atoms with Gasteiger partial charge in [0.2, 0.25) is 5.91 Å². The number of carbonyl (C=O) groups excluding carboxylic acids is 3. The molecular weight excluding hydrogens is 342 g/mol. The predicted molar refractivity (Wildman–Crippen MR) is 93.2 cm³/mol. The average Bonchev–Trinajstić information content (AvgIpc) is 2.90. The van der Waals surface area contributed by atoms with E-state index in [2.05, 4.69) is 5.32 Å². The van der Waals surface area contributed by atoms with Crippen molar-refractivity contribution in [2.24, 2.45) is 0 Å². The molecule has 2 rings (SSSR count). The molecule has 130 valence electrons. The first-order valence-electron chi connectivity index (χ1n) is 7.50. The quantitative estimate of drug-likeness (QED) is 0.630. The average molecular weight is 358 g/mol. The minimum absolute atomic E-state index is 0.194. The van der Waals surface area contributed by atoms with Crippen molar-refractivity contribution in [2.45, 2.75) is 13.8 Å². The molecule has 7 heteroatoms. The monoisotopic (exact) mass is 358 g/mol. The first-order chi connectivity index (χ1) is 11.9. The molecule has 1 heterocycles. The molecule has 0 bridgehead atoms. The third kappa shape index (κ3) is 4.54. The maximum absolute atomic E-state index is 12.4. The number of nitrogens with one attached hydrogen (secondary N) is 1. The van der Waals surface area contributed by atoms with Crippen LogP contribution in [0.2, 0.25) is 0 Å². The Labute approximate surface area is 148 Å². The fourth-order valence-corrected chi connectivity index (χ4v) is 3.35. The molecule has 0 aliphatic heterocycles. The molecule has 0 radical (unpaired) electrons. The first-order valence-corrected chi connectivity index (χ1v) is 8.31. The van der Waals surface area contributed by atoms with E-state index >= 15 is 0 Å². The number of amides is 1. The summed E-state index contributed by atoms with van der Waals surface area (Å²) in [5.74, 6) is -2.70. The molecule has 1 N–H and O–H groups in total. The second kappa shape index (κ2) is 8.25. The molecule has 0 saturated heterocycles. The van der Waals surface area contributed by atoms with Crippen molar-refractivity contribution in [1.82, 2.24) is 0 Å². The van der Waals surface area contributed by atoms with E-state index in [1.54, 1.807) is 6.92 Å². The van der Waals surface area contributed by atoms with Crippen molar-refractivity contribution >= 4 is 34.2 Å². The van der Waals surface area contributed by atoms with Gasteiger partial charge in [-0.1, -0.05) is 30.3 Å². The lowest BCUT2D eigenvalue weighted by Gasteiger charge is -2.08. The molecular formula is C18H16NO5S-. The van der Waals surface area contributed by atoms with E-state index in [1.165, 1.54) is 11.3 Å². The fraction of sp³-hybridized carbons (Fsp3) is 0.167. The van der Waals surface area contributed by atoms with E-state index in [9.17, 15) is 19.5 Å². The standard InChI is InChI=1S/C18H17NO5S/c1-3-24-18(23)16-15(12-7-5-4-6-8-12)11(2)25-17(16)19-13(20)9-10-14(21)22/h4-10H,3H2,1-2H3,(H,19,20)(H,21,22)/p-1. The zero-order chi connectivity index (χ0) is 18.4. The van der Waals surface area contributed by atoms with Crippen LogP contribution in [0.3, 0.4) is 0 Å². The third-order valence-electron chi connectivity index (χ3n) is 3.23. The zero-order valence-electron chi connectivity index (χ0n) is 13.7. The minimum Gasteiger partial charge on any atom is -0.545 e. The van der Waals surface area contributed by atoms with Gasteiger partial charge in [0, 0.05) is 16.5 Å². The number of aliphatic carboxylic acids is 1. The molecule has 1 aromatic carbocycles. The van der Waals surface area contributed by atoms with Gasteiger partial charge in [0.25, 0.3) is 0 Å². The summed E-state index contributed by atoms with van der Waals surface area (Å²) in [7, 11) is 0. The SMILES string of the molecule is CCOC(=O)c1c(NC(=O)C=CC(=O)[O-])sc(C)c1-c1ccccc1. The summed E-state index contributed by atoms with van der Waals surface area (Å²) in [6, 6.07) is 9.28. The number of aryl methyl sites for hydroxylation is 1. The van der Waals surface area contributed by atoms with Crippen LogP contribution in [0.5, 0.6) is 0 Å². The van der Waals surface area contributed by atoms with Crippen LogP contribution in [0.4, 0.5) is 5.00 Å². The van der Waals surface area contributed by atoms with Crippen LogP contribution < -0.4 is 10.4 Å². The van der Waals surface area contributed by atoms with Crippen LogP contribution in [0.1, 0.15) is 22.2 Å². The number of anilines is 1. The summed E-state index contributed by atoms with van der Waals surface area (Å²) in [6.07, 6.45) is 1.46. The largest absolute Gasteiger partial charge is 0.545 e. The van der Waals surface area contributed by atoms with Gasteiger partial charge >= 0.3 is 5.97 Å². The highest BCUT2D eigenvalue weighted by Gasteiger charge is 2.25. The maximum atomic E-state index is 12.4. The van der Waals surface area contributed by atoms with Crippen LogP contribution in [0, 0.1) is 6.92 Å². The zero-order valence-corrected chi connectivity index (χ0v) is 14.5. The predicted octanol–water partition coefficient (Wildman–Crippen LogP) is 2.14. The molecule has 0 spiro atoms. The van der Waals surface area contributed by atoms with Crippen molar-refractivity contribution in [3.05, 3.63) is 52.9 Å². The molecule has 1 amide bonds. The molecule has 0 aliphatic rings. The highest BCUT2D eigenvalue weighted by atomic mass is 32.1.